The lowest BCUT2D eigenvalue weighted by atomic mass is 10.0. The Morgan fingerprint density at radius 1 is 0.980 bits per heavy atom. The second-order valence-corrected chi connectivity index (χ2v) is 12.2. The average molecular weight is 688 g/mol. The van der Waals surface area contributed by atoms with Gasteiger partial charge in [-0.15, -0.1) is 0 Å². The average Bonchev–Trinajstić information content (AvgIpc) is 3.71. The third kappa shape index (κ3) is 6.15. The van der Waals surface area contributed by atoms with Gasteiger partial charge < -0.3 is 18.9 Å². The summed E-state index contributed by atoms with van der Waals surface area (Å²) in [6, 6.07) is 2.87. The molecule has 1 aromatic carbocycles. The molecule has 0 radical (unpaired) electrons. The molecule has 2 atom stereocenters. The van der Waals surface area contributed by atoms with Crippen LogP contribution in [0.15, 0.2) is 43.0 Å². The molecule has 1 aliphatic carbocycles. The summed E-state index contributed by atoms with van der Waals surface area (Å²) in [7, 11) is 4.10. The number of fused-ring (bicyclic) bond motifs is 1. The topological polar surface area (TPSA) is 109 Å². The van der Waals surface area contributed by atoms with Gasteiger partial charge in [0.15, 0.2) is 29.4 Å². The van der Waals surface area contributed by atoms with E-state index in [1.807, 2.05) is 0 Å². The summed E-state index contributed by atoms with van der Waals surface area (Å²) >= 11 is 0. The number of hydrogen-bond donors (Lipinski definition) is 0. The third-order valence-corrected chi connectivity index (χ3v) is 8.77. The van der Waals surface area contributed by atoms with Gasteiger partial charge in [-0.3, -0.25) is 0 Å². The maximum absolute atomic E-state index is 15.1. The maximum atomic E-state index is 15.1. The molecular weight excluding hydrogens is 656 g/mol. The van der Waals surface area contributed by atoms with Crippen molar-refractivity contribution < 1.29 is 35.8 Å². The Hall–Kier alpha value is -4.80. The van der Waals surface area contributed by atoms with Crippen LogP contribution in [0.2, 0.25) is 0 Å². The lowest BCUT2D eigenvalue weighted by Gasteiger charge is -2.32. The largest absolute Gasteiger partial charge is 0.480 e. The summed E-state index contributed by atoms with van der Waals surface area (Å²) in [5.74, 6) is 0.278. The zero-order chi connectivity index (χ0) is 34.7. The van der Waals surface area contributed by atoms with Crippen molar-refractivity contribution in [3.05, 3.63) is 59.9 Å². The summed E-state index contributed by atoms with van der Waals surface area (Å²) in [6.45, 7) is 0.505. The van der Waals surface area contributed by atoms with Crippen LogP contribution in [0.1, 0.15) is 67.2 Å². The number of alkyl halides is 6. The Balaban J connectivity index is 1.36. The van der Waals surface area contributed by atoms with Crippen LogP contribution in [-0.4, -0.2) is 66.2 Å². The second kappa shape index (κ2) is 12.3. The van der Waals surface area contributed by atoms with Crippen LogP contribution in [0.5, 0.6) is 5.88 Å². The zero-order valence-electron chi connectivity index (χ0n) is 26.6. The van der Waals surface area contributed by atoms with Crippen molar-refractivity contribution >= 4 is 16.9 Å². The van der Waals surface area contributed by atoms with Gasteiger partial charge in [-0.2, -0.15) is 31.4 Å². The van der Waals surface area contributed by atoms with E-state index in [2.05, 4.69) is 20.1 Å². The number of nitrogens with zero attached hydrogens (tertiary/aromatic N) is 9. The standard InChI is InChI=1S/C32H31F6N9O2/c1-45-15-21(31(33,34)35)42-27(45)19-11-9-18(10-12-19)25(32(36,37)38)46(2)28-20-14-41-47(22-6-4-5-13-49-22)29(20)44-26(43-28)23-24(17-7-8-17)39-16-40-30(23)48-3/h9-12,14-17,22,25H,4-8,13H2,1-3H3/t22?,25-/m0/s1. The van der Waals surface area contributed by atoms with E-state index in [9.17, 15) is 13.2 Å². The Labute approximate surface area is 275 Å². The second-order valence-electron chi connectivity index (χ2n) is 12.2. The van der Waals surface area contributed by atoms with Gasteiger partial charge in [0.05, 0.1) is 24.4 Å². The van der Waals surface area contributed by atoms with E-state index in [1.54, 1.807) is 4.68 Å². The molecule has 0 N–H and O–H groups in total. The Bertz CT molecular complexity index is 1980. The van der Waals surface area contributed by atoms with Crippen LogP contribution in [0.4, 0.5) is 32.2 Å². The van der Waals surface area contributed by atoms with Crippen LogP contribution in [0.25, 0.3) is 33.8 Å². The molecular formula is C32H31F6N9O2. The van der Waals surface area contributed by atoms with Crippen molar-refractivity contribution in [1.82, 2.24) is 39.3 Å². The minimum absolute atomic E-state index is 0.0409. The molecule has 0 amide bonds. The highest BCUT2D eigenvalue weighted by Gasteiger charge is 2.45. The van der Waals surface area contributed by atoms with Crippen molar-refractivity contribution in [2.24, 2.45) is 7.05 Å². The van der Waals surface area contributed by atoms with E-state index in [1.165, 1.54) is 62.6 Å². The number of halogens is 6. The number of aromatic nitrogens is 8. The van der Waals surface area contributed by atoms with E-state index in [4.69, 9.17) is 19.4 Å². The van der Waals surface area contributed by atoms with E-state index in [0.717, 1.165) is 36.8 Å². The number of anilines is 1. The summed E-state index contributed by atoms with van der Waals surface area (Å²) in [5.41, 5.74) is 0.260. The number of ether oxygens (including phenoxy) is 2. The number of aryl methyl sites for hydroxylation is 1. The number of benzene rings is 1. The Morgan fingerprint density at radius 3 is 2.35 bits per heavy atom. The van der Waals surface area contributed by atoms with Crippen molar-refractivity contribution in [2.45, 2.75) is 62.6 Å². The zero-order valence-corrected chi connectivity index (χ0v) is 26.6. The van der Waals surface area contributed by atoms with Crippen LogP contribution in [0.3, 0.4) is 0 Å². The molecule has 4 aromatic heterocycles. The number of imidazole rings is 1. The van der Waals surface area contributed by atoms with Crippen molar-refractivity contribution in [3.8, 4) is 28.7 Å². The molecule has 1 saturated carbocycles. The highest BCUT2D eigenvalue weighted by Crippen LogP contribution is 2.47. The van der Waals surface area contributed by atoms with Gasteiger partial charge in [0.25, 0.3) is 0 Å². The summed E-state index contributed by atoms with van der Waals surface area (Å²) < 4.78 is 99.3. The first-order valence-electron chi connectivity index (χ1n) is 15.6. The van der Waals surface area contributed by atoms with Gasteiger partial charge in [-0.05, 0) is 37.7 Å². The molecule has 1 saturated heterocycles. The van der Waals surface area contributed by atoms with Gasteiger partial charge in [0.1, 0.15) is 23.5 Å². The number of hydrogen-bond acceptors (Lipinski definition) is 9. The summed E-state index contributed by atoms with van der Waals surface area (Å²) in [5, 5.41) is 4.77. The molecule has 5 heterocycles. The Morgan fingerprint density at radius 2 is 1.73 bits per heavy atom. The van der Waals surface area contributed by atoms with Crippen LogP contribution in [-0.2, 0) is 18.0 Å². The van der Waals surface area contributed by atoms with E-state index in [0.29, 0.717) is 24.3 Å². The quantitative estimate of drug-likeness (QED) is 0.159. The molecule has 0 bridgehead atoms. The molecule has 1 aliphatic heterocycles. The lowest BCUT2D eigenvalue weighted by molar-refractivity contribution is -0.149. The molecule has 5 aromatic rings. The highest BCUT2D eigenvalue weighted by atomic mass is 19.4. The van der Waals surface area contributed by atoms with Crippen LogP contribution >= 0.6 is 0 Å². The predicted octanol–water partition coefficient (Wildman–Crippen LogP) is 7.03. The minimum Gasteiger partial charge on any atom is -0.480 e. The smallest absolute Gasteiger partial charge is 0.434 e. The van der Waals surface area contributed by atoms with Gasteiger partial charge in [0, 0.05) is 38.4 Å². The molecule has 258 valence electrons. The van der Waals surface area contributed by atoms with E-state index >= 15 is 13.2 Å². The fraction of sp³-hybridized carbons (Fsp3) is 0.438. The summed E-state index contributed by atoms with van der Waals surface area (Å²) in [6.07, 6.45) is -2.18. The number of methoxy groups -OCH3 is 1. The minimum atomic E-state index is -4.81. The van der Waals surface area contributed by atoms with Crippen molar-refractivity contribution in [3.63, 3.8) is 0 Å². The molecule has 2 aliphatic rings. The van der Waals surface area contributed by atoms with Gasteiger partial charge in [-0.1, -0.05) is 24.3 Å². The molecule has 17 heteroatoms. The Kier molecular flexibility index (Phi) is 8.19. The molecule has 11 nitrogen and oxygen atoms in total. The fourth-order valence-electron chi connectivity index (χ4n) is 6.27. The molecule has 0 spiro atoms. The fourth-order valence-corrected chi connectivity index (χ4v) is 6.27. The molecule has 7 rings (SSSR count). The first-order chi connectivity index (χ1) is 23.3. The van der Waals surface area contributed by atoms with Gasteiger partial charge >= 0.3 is 12.4 Å². The molecule has 49 heavy (non-hydrogen) atoms. The first-order valence-corrected chi connectivity index (χ1v) is 15.6. The summed E-state index contributed by atoms with van der Waals surface area (Å²) in [4.78, 5) is 22.9. The lowest BCUT2D eigenvalue weighted by Crippen LogP contribution is -2.36. The number of rotatable bonds is 8. The third-order valence-electron chi connectivity index (χ3n) is 8.77. The monoisotopic (exact) mass is 687 g/mol. The van der Waals surface area contributed by atoms with Crippen molar-refractivity contribution in [1.29, 1.82) is 0 Å². The van der Waals surface area contributed by atoms with E-state index in [-0.39, 0.29) is 51.4 Å². The van der Waals surface area contributed by atoms with Crippen LogP contribution in [0, 0.1) is 0 Å². The van der Waals surface area contributed by atoms with Crippen molar-refractivity contribution in [2.75, 3.05) is 25.7 Å². The van der Waals surface area contributed by atoms with Gasteiger partial charge in [-0.25, -0.2) is 29.6 Å². The highest BCUT2D eigenvalue weighted by molar-refractivity contribution is 5.89. The SMILES string of the molecule is COc1ncnc(C2CC2)c1-c1nc(N(C)[C@@H](c2ccc(-c3nc(C(F)(F)F)cn3C)cc2)C(F)(F)F)c2cnn(C3CCCCO3)c2n1. The van der Waals surface area contributed by atoms with Gasteiger partial charge in [0.2, 0.25) is 5.88 Å². The first kappa shape index (κ1) is 32.7. The maximum Gasteiger partial charge on any atom is 0.434 e. The molecule has 2 fully saturated rings. The normalized spacial score (nSPS) is 17.8. The molecule has 1 unspecified atom stereocenters. The van der Waals surface area contributed by atoms with Crippen LogP contribution < -0.4 is 9.64 Å². The predicted molar refractivity (Wildman–Crippen MR) is 165 cm³/mol. The van der Waals surface area contributed by atoms with E-state index < -0.39 is 30.3 Å².